The van der Waals surface area contributed by atoms with Crippen LogP contribution >= 0.6 is 11.6 Å². The van der Waals surface area contributed by atoms with Gasteiger partial charge in [-0.25, -0.2) is 21.8 Å². The minimum Gasteiger partial charge on any atom is -0.236 e. The molecular formula is C16H12ClFN2O2S. The summed E-state index contributed by atoms with van der Waals surface area (Å²) in [6, 6.07) is 10.5. The Morgan fingerprint density at radius 2 is 1.83 bits per heavy atom. The van der Waals surface area contributed by atoms with Gasteiger partial charge in [0.05, 0.1) is 15.5 Å². The van der Waals surface area contributed by atoms with Gasteiger partial charge < -0.3 is 0 Å². The van der Waals surface area contributed by atoms with E-state index in [1.54, 1.807) is 12.1 Å². The van der Waals surface area contributed by atoms with Crippen molar-refractivity contribution < 1.29 is 12.8 Å². The summed E-state index contributed by atoms with van der Waals surface area (Å²) in [5, 5.41) is 0.0940. The van der Waals surface area contributed by atoms with E-state index < -0.39 is 15.8 Å². The summed E-state index contributed by atoms with van der Waals surface area (Å²) in [6.45, 7) is 1.86. The van der Waals surface area contributed by atoms with Crippen LogP contribution in [0.3, 0.4) is 0 Å². The highest BCUT2D eigenvalue weighted by molar-refractivity contribution is 7.90. The van der Waals surface area contributed by atoms with Crippen LogP contribution in [0.1, 0.15) is 5.56 Å². The SMILES string of the molecule is Cc1ccc(S(=O)(=O)n2ccnc2-c2c(F)cccc2Cl)cc1. The van der Waals surface area contributed by atoms with Gasteiger partial charge in [0, 0.05) is 12.4 Å². The number of hydrogen-bond acceptors (Lipinski definition) is 3. The Morgan fingerprint density at radius 1 is 1.13 bits per heavy atom. The monoisotopic (exact) mass is 350 g/mol. The van der Waals surface area contributed by atoms with Crippen LogP contribution in [0.25, 0.3) is 11.4 Å². The van der Waals surface area contributed by atoms with Gasteiger partial charge in [-0.05, 0) is 31.2 Å². The number of halogens is 2. The molecule has 0 amide bonds. The van der Waals surface area contributed by atoms with E-state index in [2.05, 4.69) is 4.98 Å². The third-order valence-electron chi connectivity index (χ3n) is 3.37. The lowest BCUT2D eigenvalue weighted by Crippen LogP contribution is -2.14. The highest BCUT2D eigenvalue weighted by atomic mass is 35.5. The van der Waals surface area contributed by atoms with E-state index in [0.29, 0.717) is 0 Å². The maximum absolute atomic E-state index is 14.1. The normalized spacial score (nSPS) is 11.6. The molecule has 0 radical (unpaired) electrons. The highest BCUT2D eigenvalue weighted by Crippen LogP contribution is 2.31. The zero-order valence-corrected chi connectivity index (χ0v) is 13.6. The van der Waals surface area contributed by atoms with Crippen molar-refractivity contribution in [3.8, 4) is 11.4 Å². The van der Waals surface area contributed by atoms with Crippen molar-refractivity contribution in [3.05, 3.63) is 71.3 Å². The first-order valence-corrected chi connectivity index (χ1v) is 8.53. The number of aryl methyl sites for hydroxylation is 1. The van der Waals surface area contributed by atoms with Crippen molar-refractivity contribution in [1.82, 2.24) is 8.96 Å². The van der Waals surface area contributed by atoms with Crippen LogP contribution in [0.5, 0.6) is 0 Å². The van der Waals surface area contributed by atoms with Gasteiger partial charge in [-0.3, -0.25) is 0 Å². The molecule has 23 heavy (non-hydrogen) atoms. The molecule has 0 N–H and O–H groups in total. The van der Waals surface area contributed by atoms with Gasteiger partial charge in [0.1, 0.15) is 5.82 Å². The Bertz CT molecular complexity index is 946. The summed E-state index contributed by atoms with van der Waals surface area (Å²) in [6.07, 6.45) is 2.57. The van der Waals surface area contributed by atoms with Crippen molar-refractivity contribution in [1.29, 1.82) is 0 Å². The van der Waals surface area contributed by atoms with Crippen LogP contribution in [0.2, 0.25) is 5.02 Å². The van der Waals surface area contributed by atoms with Crippen molar-refractivity contribution in [2.45, 2.75) is 11.8 Å². The predicted octanol–water partition coefficient (Wildman–Crippen LogP) is 3.89. The van der Waals surface area contributed by atoms with Crippen LogP contribution in [0, 0.1) is 12.7 Å². The van der Waals surface area contributed by atoms with E-state index in [1.807, 2.05) is 6.92 Å². The molecule has 0 aliphatic heterocycles. The summed E-state index contributed by atoms with van der Waals surface area (Å²) in [5.74, 6) is -0.697. The van der Waals surface area contributed by atoms with Crippen LogP contribution in [0.4, 0.5) is 4.39 Å². The topological polar surface area (TPSA) is 52.0 Å². The average Bonchev–Trinajstić information content (AvgIpc) is 2.97. The fourth-order valence-electron chi connectivity index (χ4n) is 2.20. The van der Waals surface area contributed by atoms with Gasteiger partial charge in [-0.1, -0.05) is 35.4 Å². The zero-order valence-electron chi connectivity index (χ0n) is 12.1. The molecule has 2 aromatic carbocycles. The molecule has 0 fully saturated rings. The molecule has 7 heteroatoms. The quantitative estimate of drug-likeness (QED) is 0.720. The maximum atomic E-state index is 14.1. The minimum absolute atomic E-state index is 0.0464. The molecule has 0 atom stereocenters. The van der Waals surface area contributed by atoms with E-state index in [1.165, 1.54) is 42.7 Å². The largest absolute Gasteiger partial charge is 0.269 e. The lowest BCUT2D eigenvalue weighted by atomic mass is 10.2. The van der Waals surface area contributed by atoms with Gasteiger partial charge in [0.2, 0.25) is 0 Å². The Morgan fingerprint density at radius 3 is 2.48 bits per heavy atom. The molecule has 1 aromatic heterocycles. The number of aromatic nitrogens is 2. The molecule has 0 saturated heterocycles. The Hall–Kier alpha value is -2.18. The second kappa shape index (κ2) is 5.79. The predicted molar refractivity (Wildman–Crippen MR) is 86.4 cm³/mol. The van der Waals surface area contributed by atoms with Crippen LogP contribution in [-0.4, -0.2) is 17.4 Å². The molecule has 1 heterocycles. The molecule has 3 rings (SSSR count). The van der Waals surface area contributed by atoms with Gasteiger partial charge in [0.25, 0.3) is 10.0 Å². The standard InChI is InChI=1S/C16H12ClFN2O2S/c1-11-5-7-12(8-6-11)23(21,22)20-10-9-19-16(20)15-13(17)3-2-4-14(15)18/h2-10H,1H3. The number of rotatable bonds is 3. The molecule has 0 saturated carbocycles. The van der Waals surface area contributed by atoms with E-state index >= 15 is 0 Å². The Kier molecular flexibility index (Phi) is 3.95. The number of imidazole rings is 1. The number of hydrogen-bond donors (Lipinski definition) is 0. The summed E-state index contributed by atoms with van der Waals surface area (Å²) in [4.78, 5) is 4.07. The van der Waals surface area contributed by atoms with Gasteiger partial charge in [-0.2, -0.15) is 0 Å². The van der Waals surface area contributed by atoms with Crippen molar-refractivity contribution in [2.75, 3.05) is 0 Å². The first-order chi connectivity index (χ1) is 10.9. The average molecular weight is 351 g/mol. The molecular weight excluding hydrogens is 339 g/mol. The second-order valence-electron chi connectivity index (χ2n) is 4.96. The van der Waals surface area contributed by atoms with Crippen molar-refractivity contribution in [3.63, 3.8) is 0 Å². The summed E-state index contributed by atoms with van der Waals surface area (Å²) in [5.41, 5.74) is 0.891. The van der Waals surface area contributed by atoms with Crippen molar-refractivity contribution >= 4 is 21.6 Å². The summed E-state index contributed by atoms with van der Waals surface area (Å²) < 4.78 is 40.6. The van der Waals surface area contributed by atoms with Gasteiger partial charge >= 0.3 is 0 Å². The fourth-order valence-corrected chi connectivity index (χ4v) is 3.73. The third-order valence-corrected chi connectivity index (χ3v) is 5.37. The van der Waals surface area contributed by atoms with Crippen LogP contribution in [0.15, 0.2) is 59.8 Å². The molecule has 3 aromatic rings. The lowest BCUT2D eigenvalue weighted by Gasteiger charge is -2.11. The third kappa shape index (κ3) is 2.75. The first kappa shape index (κ1) is 15.7. The minimum atomic E-state index is -3.90. The Balaban J connectivity index is 2.20. The van der Waals surface area contributed by atoms with E-state index in [0.717, 1.165) is 9.54 Å². The lowest BCUT2D eigenvalue weighted by molar-refractivity contribution is 0.587. The van der Waals surface area contributed by atoms with Gasteiger partial charge in [0.15, 0.2) is 5.82 Å². The first-order valence-electron chi connectivity index (χ1n) is 6.71. The molecule has 0 aliphatic carbocycles. The summed E-state index contributed by atoms with van der Waals surface area (Å²) >= 11 is 6.02. The molecule has 118 valence electrons. The van der Waals surface area contributed by atoms with E-state index in [-0.39, 0.29) is 21.3 Å². The van der Waals surface area contributed by atoms with Crippen LogP contribution < -0.4 is 0 Å². The fraction of sp³-hybridized carbons (Fsp3) is 0.0625. The molecule has 0 bridgehead atoms. The van der Waals surface area contributed by atoms with Gasteiger partial charge in [-0.15, -0.1) is 0 Å². The van der Waals surface area contributed by atoms with Crippen molar-refractivity contribution in [2.24, 2.45) is 0 Å². The smallest absolute Gasteiger partial charge is 0.236 e. The highest BCUT2D eigenvalue weighted by Gasteiger charge is 2.24. The zero-order chi connectivity index (χ0) is 16.6. The van der Waals surface area contributed by atoms with E-state index in [4.69, 9.17) is 11.6 Å². The number of nitrogens with zero attached hydrogens (tertiary/aromatic N) is 2. The number of benzene rings is 2. The molecule has 0 spiro atoms. The summed E-state index contributed by atoms with van der Waals surface area (Å²) in [7, 11) is -3.90. The second-order valence-corrected chi connectivity index (χ2v) is 7.18. The maximum Gasteiger partial charge on any atom is 0.269 e. The molecule has 0 unspecified atom stereocenters. The molecule has 0 aliphatic rings. The Labute approximate surface area is 138 Å². The van der Waals surface area contributed by atoms with E-state index in [9.17, 15) is 12.8 Å². The van der Waals surface area contributed by atoms with Crippen LogP contribution in [-0.2, 0) is 10.0 Å². The molecule has 4 nitrogen and oxygen atoms in total.